The summed E-state index contributed by atoms with van der Waals surface area (Å²) in [5, 5.41) is 9.39. The van der Waals surface area contributed by atoms with E-state index in [0.29, 0.717) is 37.8 Å². The highest BCUT2D eigenvalue weighted by molar-refractivity contribution is 5.89. The predicted molar refractivity (Wildman–Crippen MR) is 133 cm³/mol. The second-order valence-electron chi connectivity index (χ2n) is 9.72. The Labute approximate surface area is 204 Å². The van der Waals surface area contributed by atoms with Gasteiger partial charge in [0.15, 0.2) is 0 Å². The zero-order chi connectivity index (χ0) is 25.0. The van der Waals surface area contributed by atoms with E-state index in [-0.39, 0.29) is 17.8 Å². The third kappa shape index (κ3) is 6.24. The Kier molecular flexibility index (Phi) is 7.48. The molecule has 0 spiro atoms. The van der Waals surface area contributed by atoms with E-state index in [9.17, 15) is 14.4 Å². The van der Waals surface area contributed by atoms with Crippen LogP contribution in [0.2, 0.25) is 0 Å². The molecule has 0 radical (unpaired) electrons. The minimum absolute atomic E-state index is 0.140. The van der Waals surface area contributed by atoms with E-state index < -0.39 is 11.2 Å². The van der Waals surface area contributed by atoms with Gasteiger partial charge in [-0.05, 0) is 43.5 Å². The second kappa shape index (κ2) is 10.5. The van der Waals surface area contributed by atoms with E-state index in [4.69, 9.17) is 5.73 Å². The molecule has 1 aromatic carbocycles. The van der Waals surface area contributed by atoms with Gasteiger partial charge in [0.1, 0.15) is 5.82 Å². The Morgan fingerprint density at radius 1 is 1.09 bits per heavy atom. The Hall–Kier alpha value is -3.28. The minimum Gasteiger partial charge on any atom is -0.338 e. The Morgan fingerprint density at radius 2 is 1.74 bits per heavy atom. The average Bonchev–Trinajstić information content (AvgIpc) is 2.80. The SMILES string of the molecule is CC(C)(N)C(=O)N1CCN(C(=O)Nc2ccn(-c3ccc(CNCC4CNC4)cc3)c(=O)n2)CC1. The standard InChI is InChI=1S/C24H34N8O3/c1-24(2,25)21(33)30-9-11-31(12-10-30)22(34)28-20-7-8-32(23(35)29-20)19-5-3-17(4-6-19)13-26-14-18-15-27-16-18/h3-8,18,26-27H,9-16,25H2,1-2H3,(H,28,29,34,35). The minimum atomic E-state index is -0.942. The van der Waals surface area contributed by atoms with E-state index in [1.807, 2.05) is 24.3 Å². The third-order valence-corrected chi connectivity index (χ3v) is 6.29. The number of urea groups is 1. The van der Waals surface area contributed by atoms with Crippen LogP contribution in [-0.4, -0.2) is 82.6 Å². The number of anilines is 1. The first-order valence-corrected chi connectivity index (χ1v) is 12.0. The van der Waals surface area contributed by atoms with Crippen molar-refractivity contribution in [2.45, 2.75) is 25.9 Å². The zero-order valence-corrected chi connectivity index (χ0v) is 20.3. The van der Waals surface area contributed by atoms with Gasteiger partial charge in [0.25, 0.3) is 0 Å². The number of nitrogens with two attached hydrogens (primary N) is 1. The number of hydrogen-bond donors (Lipinski definition) is 4. The van der Waals surface area contributed by atoms with Crippen LogP contribution in [0.4, 0.5) is 10.6 Å². The van der Waals surface area contributed by atoms with Crippen molar-refractivity contribution in [3.8, 4) is 5.69 Å². The van der Waals surface area contributed by atoms with Crippen LogP contribution in [0.5, 0.6) is 0 Å². The Balaban J connectivity index is 1.30. The summed E-state index contributed by atoms with van der Waals surface area (Å²) in [5.41, 5.74) is 6.31. The molecular weight excluding hydrogens is 448 g/mol. The first-order valence-electron chi connectivity index (χ1n) is 12.0. The second-order valence-corrected chi connectivity index (χ2v) is 9.72. The first-order chi connectivity index (χ1) is 16.7. The summed E-state index contributed by atoms with van der Waals surface area (Å²) in [4.78, 5) is 44.8. The van der Waals surface area contributed by atoms with Crippen molar-refractivity contribution >= 4 is 17.8 Å². The van der Waals surface area contributed by atoms with Gasteiger partial charge in [-0.2, -0.15) is 4.98 Å². The zero-order valence-electron chi connectivity index (χ0n) is 20.3. The molecule has 2 fully saturated rings. The highest BCUT2D eigenvalue weighted by atomic mass is 16.2. The Bertz CT molecular complexity index is 1100. The number of nitrogens with one attached hydrogen (secondary N) is 3. The molecule has 5 N–H and O–H groups in total. The number of carbonyl (C=O) groups is 2. The number of amides is 3. The van der Waals surface area contributed by atoms with Gasteiger partial charge >= 0.3 is 11.7 Å². The van der Waals surface area contributed by atoms with E-state index in [2.05, 4.69) is 20.9 Å². The van der Waals surface area contributed by atoms with Gasteiger partial charge < -0.3 is 26.2 Å². The van der Waals surface area contributed by atoms with Crippen LogP contribution in [0, 0.1) is 5.92 Å². The van der Waals surface area contributed by atoms with Crippen molar-refractivity contribution in [3.05, 3.63) is 52.6 Å². The molecule has 0 bridgehead atoms. The molecule has 11 heteroatoms. The lowest BCUT2D eigenvalue weighted by atomic mass is 10.0. The molecule has 11 nitrogen and oxygen atoms in total. The number of hydrogen-bond acceptors (Lipinski definition) is 7. The monoisotopic (exact) mass is 482 g/mol. The number of carbonyl (C=O) groups excluding carboxylic acids is 2. The van der Waals surface area contributed by atoms with Crippen molar-refractivity contribution in [1.82, 2.24) is 30.0 Å². The number of aromatic nitrogens is 2. The smallest absolute Gasteiger partial charge is 0.338 e. The molecule has 3 heterocycles. The van der Waals surface area contributed by atoms with Crippen LogP contribution >= 0.6 is 0 Å². The molecule has 3 amide bonds. The van der Waals surface area contributed by atoms with Crippen LogP contribution in [-0.2, 0) is 11.3 Å². The maximum absolute atomic E-state index is 12.6. The average molecular weight is 483 g/mol. The quantitative estimate of drug-likeness (QED) is 0.434. The largest absolute Gasteiger partial charge is 0.354 e. The lowest BCUT2D eigenvalue weighted by Crippen LogP contribution is -2.58. The fourth-order valence-corrected chi connectivity index (χ4v) is 4.07. The molecule has 2 aliphatic heterocycles. The van der Waals surface area contributed by atoms with E-state index >= 15 is 0 Å². The molecule has 0 unspecified atom stereocenters. The molecule has 0 aliphatic carbocycles. The first kappa shape index (κ1) is 24.8. The summed E-state index contributed by atoms with van der Waals surface area (Å²) in [6, 6.07) is 8.97. The summed E-state index contributed by atoms with van der Waals surface area (Å²) >= 11 is 0. The molecule has 1 aromatic heterocycles. The predicted octanol–water partition coefficient (Wildman–Crippen LogP) is -0.0451. The lowest BCUT2D eigenvalue weighted by Gasteiger charge is -2.37. The summed E-state index contributed by atoms with van der Waals surface area (Å²) in [6.45, 7) is 8.83. The van der Waals surface area contributed by atoms with E-state index in [0.717, 1.165) is 31.7 Å². The van der Waals surface area contributed by atoms with Gasteiger partial charge in [0.05, 0.1) is 11.2 Å². The van der Waals surface area contributed by atoms with Gasteiger partial charge in [0, 0.05) is 58.6 Å². The van der Waals surface area contributed by atoms with Crippen LogP contribution in [0.3, 0.4) is 0 Å². The molecule has 2 aromatic rings. The topological polar surface area (TPSA) is 138 Å². The summed E-state index contributed by atoms with van der Waals surface area (Å²) < 4.78 is 1.44. The molecule has 0 atom stereocenters. The molecule has 2 aliphatic rings. The molecular formula is C24H34N8O3. The summed E-state index contributed by atoms with van der Waals surface area (Å²) in [7, 11) is 0. The molecule has 188 valence electrons. The fraction of sp³-hybridized carbons (Fsp3) is 0.500. The van der Waals surface area contributed by atoms with Crippen LogP contribution in [0.15, 0.2) is 41.3 Å². The van der Waals surface area contributed by atoms with Crippen molar-refractivity contribution in [1.29, 1.82) is 0 Å². The summed E-state index contributed by atoms with van der Waals surface area (Å²) in [5.74, 6) is 0.748. The van der Waals surface area contributed by atoms with Gasteiger partial charge in [-0.25, -0.2) is 9.59 Å². The summed E-state index contributed by atoms with van der Waals surface area (Å²) in [6.07, 6.45) is 1.60. The van der Waals surface area contributed by atoms with Crippen molar-refractivity contribution in [2.75, 3.05) is 51.1 Å². The fourth-order valence-electron chi connectivity index (χ4n) is 4.07. The van der Waals surface area contributed by atoms with Crippen molar-refractivity contribution < 1.29 is 9.59 Å². The van der Waals surface area contributed by atoms with Crippen LogP contribution < -0.4 is 27.4 Å². The van der Waals surface area contributed by atoms with Crippen molar-refractivity contribution in [2.24, 2.45) is 11.7 Å². The molecule has 35 heavy (non-hydrogen) atoms. The van der Waals surface area contributed by atoms with E-state index in [1.165, 1.54) is 4.57 Å². The number of benzene rings is 1. The highest BCUT2D eigenvalue weighted by Gasteiger charge is 2.31. The maximum Gasteiger partial charge on any atom is 0.354 e. The molecule has 0 saturated carbocycles. The van der Waals surface area contributed by atoms with E-state index in [1.54, 1.807) is 35.9 Å². The van der Waals surface area contributed by atoms with Gasteiger partial charge in [-0.1, -0.05) is 12.1 Å². The van der Waals surface area contributed by atoms with Gasteiger partial charge in [0.2, 0.25) is 5.91 Å². The van der Waals surface area contributed by atoms with Gasteiger partial charge in [-0.15, -0.1) is 0 Å². The lowest BCUT2D eigenvalue weighted by molar-refractivity contribution is -0.137. The third-order valence-electron chi connectivity index (χ3n) is 6.29. The van der Waals surface area contributed by atoms with Crippen LogP contribution in [0.25, 0.3) is 5.69 Å². The highest BCUT2D eigenvalue weighted by Crippen LogP contribution is 2.12. The number of piperazine rings is 1. The molecule has 2 saturated heterocycles. The normalized spacial score (nSPS) is 16.7. The number of rotatable bonds is 7. The van der Waals surface area contributed by atoms with Gasteiger partial charge in [-0.3, -0.25) is 14.7 Å². The maximum atomic E-state index is 12.6. The number of nitrogens with zero attached hydrogens (tertiary/aromatic N) is 4. The van der Waals surface area contributed by atoms with Crippen LogP contribution in [0.1, 0.15) is 19.4 Å². The molecule has 4 rings (SSSR count). The Morgan fingerprint density at radius 3 is 2.31 bits per heavy atom. The van der Waals surface area contributed by atoms with Crippen molar-refractivity contribution in [3.63, 3.8) is 0 Å².